The van der Waals surface area contributed by atoms with Gasteiger partial charge in [0.25, 0.3) is 10.0 Å². The number of rotatable bonds is 5. The van der Waals surface area contributed by atoms with E-state index in [1.54, 1.807) is 31.4 Å². The van der Waals surface area contributed by atoms with Crippen molar-refractivity contribution in [2.24, 2.45) is 0 Å². The lowest BCUT2D eigenvalue weighted by Gasteiger charge is -2.18. The van der Waals surface area contributed by atoms with Crippen LogP contribution in [0.4, 0.5) is 5.69 Å². The van der Waals surface area contributed by atoms with Crippen LogP contribution in [0.2, 0.25) is 0 Å². The topological polar surface area (TPSA) is 59.5 Å². The van der Waals surface area contributed by atoms with E-state index in [9.17, 15) is 8.42 Å². The van der Waals surface area contributed by atoms with E-state index in [1.165, 1.54) is 35.0 Å². The van der Waals surface area contributed by atoms with Gasteiger partial charge in [-0.25, -0.2) is 8.42 Å². The van der Waals surface area contributed by atoms with E-state index in [-0.39, 0.29) is 11.5 Å². The second kappa shape index (κ2) is 6.81. The summed E-state index contributed by atoms with van der Waals surface area (Å²) in [6.07, 6.45) is 0. The summed E-state index contributed by atoms with van der Waals surface area (Å²) in [6, 6.07) is 6.29. The van der Waals surface area contributed by atoms with Gasteiger partial charge in [-0.15, -0.1) is 5.92 Å². The second-order valence-electron chi connectivity index (χ2n) is 4.44. The van der Waals surface area contributed by atoms with Gasteiger partial charge < -0.3 is 4.74 Å². The Morgan fingerprint density at radius 1 is 1.32 bits per heavy atom. The quantitative estimate of drug-likeness (QED) is 0.788. The molecule has 1 aromatic heterocycles. The van der Waals surface area contributed by atoms with Crippen molar-refractivity contribution in [2.75, 3.05) is 18.0 Å². The Hall–Kier alpha value is -2.04. The molecule has 7 heteroatoms. The zero-order valence-corrected chi connectivity index (χ0v) is 14.2. The molecule has 0 saturated heterocycles. The molecule has 0 amide bonds. The molecule has 0 unspecified atom stereocenters. The molecule has 1 heterocycles. The molecule has 116 valence electrons. The largest absolute Gasteiger partial charge is 0.481 e. The molecule has 0 N–H and O–H groups in total. The molecule has 0 aliphatic rings. The van der Waals surface area contributed by atoms with Crippen molar-refractivity contribution in [3.63, 3.8) is 0 Å². The molecule has 0 saturated carbocycles. The average Bonchev–Trinajstić information content (AvgIpc) is 2.93. The van der Waals surface area contributed by atoms with Crippen molar-refractivity contribution >= 4 is 27.2 Å². The minimum Gasteiger partial charge on any atom is -0.481 e. The predicted molar refractivity (Wildman–Crippen MR) is 87.8 cm³/mol. The summed E-state index contributed by atoms with van der Waals surface area (Å²) in [4.78, 5) is 0.203. The Kier molecular flexibility index (Phi) is 5.06. The third kappa shape index (κ3) is 3.40. The summed E-state index contributed by atoms with van der Waals surface area (Å²) < 4.78 is 35.9. The summed E-state index contributed by atoms with van der Waals surface area (Å²) in [7, 11) is -2.09. The van der Waals surface area contributed by atoms with Gasteiger partial charge in [-0.2, -0.15) is 4.37 Å². The predicted octanol–water partition coefficient (Wildman–Crippen LogP) is 2.68. The van der Waals surface area contributed by atoms with Crippen molar-refractivity contribution in [1.29, 1.82) is 0 Å². The van der Waals surface area contributed by atoms with Crippen LogP contribution in [0.5, 0.6) is 5.75 Å². The first-order valence-corrected chi connectivity index (χ1v) is 8.77. The SMILES string of the molecule is CC#CCOc1ccc(S(=O)(=O)N(C)c2csnc2C)cc1. The highest BCUT2D eigenvalue weighted by Crippen LogP contribution is 2.27. The standard InChI is InChI=1S/C15H16N2O3S2/c1-4-5-10-20-13-6-8-14(9-7-13)22(18,19)17(3)15-11-21-16-12(15)2/h6-9,11H,10H2,1-3H3. The second-order valence-corrected chi connectivity index (χ2v) is 7.04. The van der Waals surface area contributed by atoms with Gasteiger partial charge >= 0.3 is 0 Å². The highest BCUT2D eigenvalue weighted by molar-refractivity contribution is 7.92. The Labute approximate surface area is 134 Å². The minimum atomic E-state index is -3.61. The highest BCUT2D eigenvalue weighted by atomic mass is 32.2. The van der Waals surface area contributed by atoms with Crippen molar-refractivity contribution in [3.05, 3.63) is 35.3 Å². The number of aryl methyl sites for hydroxylation is 1. The summed E-state index contributed by atoms with van der Waals surface area (Å²) in [5.74, 6) is 6.09. The van der Waals surface area contributed by atoms with Gasteiger partial charge in [0.15, 0.2) is 0 Å². The number of anilines is 1. The first kappa shape index (κ1) is 16.3. The Bertz CT molecular complexity index is 799. The first-order valence-electron chi connectivity index (χ1n) is 6.49. The lowest BCUT2D eigenvalue weighted by atomic mass is 10.3. The molecule has 0 spiro atoms. The molecule has 5 nitrogen and oxygen atoms in total. The summed E-state index contributed by atoms with van der Waals surface area (Å²) >= 11 is 1.23. The smallest absolute Gasteiger partial charge is 0.264 e. The summed E-state index contributed by atoms with van der Waals surface area (Å²) in [5.41, 5.74) is 1.28. The fourth-order valence-corrected chi connectivity index (χ4v) is 3.82. The van der Waals surface area contributed by atoms with Crippen LogP contribution >= 0.6 is 11.5 Å². The Morgan fingerprint density at radius 3 is 2.55 bits per heavy atom. The molecule has 0 aliphatic carbocycles. The molecule has 2 aromatic rings. The van der Waals surface area contributed by atoms with Gasteiger partial charge in [0.2, 0.25) is 0 Å². The van der Waals surface area contributed by atoms with Crippen molar-refractivity contribution < 1.29 is 13.2 Å². The van der Waals surface area contributed by atoms with E-state index in [1.807, 2.05) is 0 Å². The van der Waals surface area contributed by atoms with E-state index in [0.29, 0.717) is 17.1 Å². The molecule has 0 atom stereocenters. The van der Waals surface area contributed by atoms with Gasteiger partial charge in [0.1, 0.15) is 12.4 Å². The van der Waals surface area contributed by atoms with Gasteiger partial charge in [-0.3, -0.25) is 4.31 Å². The maximum atomic E-state index is 12.6. The highest BCUT2D eigenvalue weighted by Gasteiger charge is 2.23. The summed E-state index contributed by atoms with van der Waals surface area (Å²) in [5, 5.41) is 1.72. The number of sulfonamides is 1. The number of hydrogen-bond donors (Lipinski definition) is 0. The fourth-order valence-electron chi connectivity index (χ4n) is 1.78. The zero-order valence-electron chi connectivity index (χ0n) is 12.5. The first-order chi connectivity index (χ1) is 10.5. The van der Waals surface area contributed by atoms with Crippen LogP contribution in [0, 0.1) is 18.8 Å². The van der Waals surface area contributed by atoms with E-state index < -0.39 is 10.0 Å². The van der Waals surface area contributed by atoms with Crippen LogP contribution < -0.4 is 9.04 Å². The lowest BCUT2D eigenvalue weighted by molar-refractivity contribution is 0.370. The zero-order chi connectivity index (χ0) is 16.2. The van der Waals surface area contributed by atoms with Crippen LogP contribution in [0.15, 0.2) is 34.5 Å². The number of aromatic nitrogens is 1. The number of ether oxygens (including phenoxy) is 1. The lowest BCUT2D eigenvalue weighted by Crippen LogP contribution is -2.26. The number of benzene rings is 1. The molecule has 0 radical (unpaired) electrons. The molecule has 0 bridgehead atoms. The van der Waals surface area contributed by atoms with E-state index in [4.69, 9.17) is 4.74 Å². The number of nitrogens with zero attached hydrogens (tertiary/aromatic N) is 2. The molecular formula is C15H16N2O3S2. The Balaban J connectivity index is 2.22. The van der Waals surface area contributed by atoms with E-state index >= 15 is 0 Å². The maximum absolute atomic E-state index is 12.6. The monoisotopic (exact) mass is 336 g/mol. The summed E-state index contributed by atoms with van der Waals surface area (Å²) in [6.45, 7) is 3.79. The van der Waals surface area contributed by atoms with Crippen LogP contribution in [-0.2, 0) is 10.0 Å². The van der Waals surface area contributed by atoms with Gasteiger partial charge in [-0.05, 0) is 49.6 Å². The van der Waals surface area contributed by atoms with Crippen molar-refractivity contribution in [1.82, 2.24) is 4.37 Å². The molecule has 0 aliphatic heterocycles. The molecule has 1 aromatic carbocycles. The van der Waals surface area contributed by atoms with E-state index in [0.717, 1.165) is 0 Å². The number of hydrogen-bond acceptors (Lipinski definition) is 5. The minimum absolute atomic E-state index is 0.203. The van der Waals surface area contributed by atoms with Gasteiger partial charge in [-0.1, -0.05) is 5.92 Å². The Morgan fingerprint density at radius 2 is 2.00 bits per heavy atom. The molecule has 2 rings (SSSR count). The third-order valence-electron chi connectivity index (χ3n) is 3.03. The van der Waals surface area contributed by atoms with Crippen molar-refractivity contribution in [3.8, 4) is 17.6 Å². The maximum Gasteiger partial charge on any atom is 0.264 e. The third-order valence-corrected chi connectivity index (χ3v) is 5.53. The van der Waals surface area contributed by atoms with Crippen molar-refractivity contribution in [2.45, 2.75) is 18.7 Å². The van der Waals surface area contributed by atoms with Crippen LogP contribution in [0.25, 0.3) is 0 Å². The van der Waals surface area contributed by atoms with Crippen LogP contribution in [0.1, 0.15) is 12.6 Å². The molecule has 0 fully saturated rings. The fraction of sp³-hybridized carbons (Fsp3) is 0.267. The molecular weight excluding hydrogens is 320 g/mol. The van der Waals surface area contributed by atoms with Crippen LogP contribution in [-0.4, -0.2) is 26.4 Å². The van der Waals surface area contributed by atoms with Gasteiger partial charge in [0.05, 0.1) is 16.3 Å². The van der Waals surface area contributed by atoms with E-state index in [2.05, 4.69) is 16.2 Å². The van der Waals surface area contributed by atoms with Gasteiger partial charge in [0, 0.05) is 12.4 Å². The average molecular weight is 336 g/mol. The van der Waals surface area contributed by atoms with Crippen LogP contribution in [0.3, 0.4) is 0 Å². The normalized spacial score (nSPS) is 10.7. The molecule has 22 heavy (non-hydrogen) atoms.